The molecule has 0 saturated carbocycles. The van der Waals surface area contributed by atoms with Crippen molar-refractivity contribution in [2.24, 2.45) is 0 Å². The molecule has 4 amide bonds. The van der Waals surface area contributed by atoms with Crippen molar-refractivity contribution in [1.29, 1.82) is 0 Å². The Morgan fingerprint density at radius 1 is 1.12 bits per heavy atom. The number of nitrogens with one attached hydrogen (secondary N) is 2. The van der Waals surface area contributed by atoms with Gasteiger partial charge in [-0.05, 0) is 50.1 Å². The Balaban J connectivity index is 1.79. The van der Waals surface area contributed by atoms with Crippen molar-refractivity contribution in [3.63, 3.8) is 0 Å². The number of hydrogen-bond acceptors (Lipinski definition) is 6. The molecule has 0 aromatic heterocycles. The van der Waals surface area contributed by atoms with Gasteiger partial charge in [0.05, 0.1) is 26.2 Å². The van der Waals surface area contributed by atoms with E-state index in [-0.39, 0.29) is 25.6 Å². The van der Waals surface area contributed by atoms with Gasteiger partial charge in [-0.15, -0.1) is 0 Å². The Hall–Kier alpha value is -3.75. The van der Waals surface area contributed by atoms with Gasteiger partial charge in [0, 0.05) is 12.2 Å². The summed E-state index contributed by atoms with van der Waals surface area (Å²) in [7, 11) is 1.27. The number of methoxy groups -OCH3 is 1. The number of amides is 4. The molecule has 3 rings (SSSR count). The zero-order valence-corrected chi connectivity index (χ0v) is 20.0. The third-order valence-corrected chi connectivity index (χ3v) is 5.60. The number of hydrogen-bond donors (Lipinski definition) is 2. The molecule has 1 saturated heterocycles. The summed E-state index contributed by atoms with van der Waals surface area (Å²) in [6.45, 7) is 6.24. The second-order valence-electron chi connectivity index (χ2n) is 8.23. The molecule has 2 aromatic carbocycles. The van der Waals surface area contributed by atoms with Crippen LogP contribution in [0.2, 0.25) is 0 Å². The van der Waals surface area contributed by atoms with Crippen LogP contribution in [0.5, 0.6) is 5.75 Å². The lowest BCUT2D eigenvalue weighted by atomic mass is 10.1. The van der Waals surface area contributed by atoms with Gasteiger partial charge in [0.1, 0.15) is 5.75 Å². The first-order valence-corrected chi connectivity index (χ1v) is 11.3. The van der Waals surface area contributed by atoms with Gasteiger partial charge >= 0.3 is 18.0 Å². The van der Waals surface area contributed by atoms with Crippen molar-refractivity contribution >= 4 is 23.7 Å². The van der Waals surface area contributed by atoms with Crippen molar-refractivity contribution in [2.45, 2.75) is 52.6 Å². The minimum Gasteiger partial charge on any atom is -0.491 e. The standard InChI is InChI=1S/C25H32N4O5/c1-5-18(3)34-21-12-10-20(11-13-21)26-23-27-24(31)28(15-14-22(30)33-4)25(32)29(23)16-19-8-6-17(2)7-9-19/h6-13,18,23,26H,5,14-16H2,1-4H3,(H,27,31)/t18-,23?/m1/s1. The fourth-order valence-corrected chi connectivity index (χ4v) is 3.39. The summed E-state index contributed by atoms with van der Waals surface area (Å²) < 4.78 is 10.5. The first-order chi connectivity index (χ1) is 16.3. The highest BCUT2D eigenvalue weighted by Gasteiger charge is 2.38. The SMILES string of the molecule is CC[C@@H](C)Oc1ccc(NC2NC(=O)N(CCC(=O)OC)C(=O)N2Cc2ccc(C)cc2)cc1. The maximum absolute atomic E-state index is 13.3. The van der Waals surface area contributed by atoms with E-state index in [1.54, 1.807) is 0 Å². The van der Waals surface area contributed by atoms with Gasteiger partial charge in [0.15, 0.2) is 6.29 Å². The van der Waals surface area contributed by atoms with Gasteiger partial charge in [-0.3, -0.25) is 15.0 Å². The van der Waals surface area contributed by atoms with Crippen LogP contribution in [0.4, 0.5) is 15.3 Å². The van der Waals surface area contributed by atoms with Gasteiger partial charge in [-0.2, -0.15) is 0 Å². The molecule has 34 heavy (non-hydrogen) atoms. The molecule has 2 N–H and O–H groups in total. The van der Waals surface area contributed by atoms with Gasteiger partial charge in [0.25, 0.3) is 0 Å². The first kappa shape index (κ1) is 24.9. The minimum absolute atomic E-state index is 0.0733. The number of esters is 1. The minimum atomic E-state index is -0.781. The maximum atomic E-state index is 13.3. The van der Waals surface area contributed by atoms with Crippen LogP contribution in [-0.4, -0.2) is 53.9 Å². The van der Waals surface area contributed by atoms with E-state index in [2.05, 4.69) is 22.3 Å². The normalized spacial score (nSPS) is 16.6. The Labute approximate surface area is 200 Å². The van der Waals surface area contributed by atoms with Gasteiger partial charge in [-0.1, -0.05) is 36.8 Å². The van der Waals surface area contributed by atoms with Crippen LogP contribution in [0.15, 0.2) is 48.5 Å². The van der Waals surface area contributed by atoms with E-state index in [1.807, 2.05) is 62.4 Å². The van der Waals surface area contributed by atoms with Gasteiger partial charge in [-0.25, -0.2) is 14.5 Å². The second-order valence-corrected chi connectivity index (χ2v) is 8.23. The van der Waals surface area contributed by atoms with Crippen LogP contribution in [-0.2, 0) is 16.1 Å². The molecule has 2 aromatic rings. The molecule has 1 fully saturated rings. The molecular weight excluding hydrogens is 436 g/mol. The largest absolute Gasteiger partial charge is 0.491 e. The lowest BCUT2D eigenvalue weighted by Crippen LogP contribution is -2.67. The molecule has 0 spiro atoms. The summed E-state index contributed by atoms with van der Waals surface area (Å²) in [4.78, 5) is 40.1. The quantitative estimate of drug-likeness (QED) is 0.510. The molecule has 182 valence electrons. The monoisotopic (exact) mass is 468 g/mol. The van der Waals surface area contributed by atoms with Crippen molar-refractivity contribution in [2.75, 3.05) is 19.0 Å². The highest BCUT2D eigenvalue weighted by atomic mass is 16.5. The number of rotatable bonds is 10. The molecule has 2 atom stereocenters. The number of carbonyl (C=O) groups is 3. The van der Waals surface area contributed by atoms with Crippen molar-refractivity contribution in [3.05, 3.63) is 59.7 Å². The van der Waals surface area contributed by atoms with Crippen LogP contribution in [0.1, 0.15) is 37.8 Å². The maximum Gasteiger partial charge on any atom is 0.331 e. The molecular formula is C25H32N4O5. The molecule has 0 aliphatic carbocycles. The number of aryl methyl sites for hydroxylation is 1. The first-order valence-electron chi connectivity index (χ1n) is 11.3. The van der Waals surface area contributed by atoms with E-state index < -0.39 is 24.3 Å². The van der Waals surface area contributed by atoms with E-state index in [0.717, 1.165) is 28.2 Å². The molecule has 1 aliphatic heterocycles. The van der Waals surface area contributed by atoms with Gasteiger partial charge in [0.2, 0.25) is 0 Å². The average Bonchev–Trinajstić information content (AvgIpc) is 2.83. The summed E-state index contributed by atoms with van der Waals surface area (Å²) >= 11 is 0. The summed E-state index contributed by atoms with van der Waals surface area (Å²) in [5.74, 6) is 0.250. The van der Waals surface area contributed by atoms with E-state index in [4.69, 9.17) is 4.74 Å². The van der Waals surface area contributed by atoms with Crippen LogP contribution in [0, 0.1) is 6.92 Å². The third-order valence-electron chi connectivity index (χ3n) is 5.60. The van der Waals surface area contributed by atoms with Crippen LogP contribution < -0.4 is 15.4 Å². The summed E-state index contributed by atoms with van der Waals surface area (Å²) in [6, 6.07) is 14.1. The zero-order valence-electron chi connectivity index (χ0n) is 20.0. The number of imide groups is 1. The Morgan fingerprint density at radius 3 is 2.41 bits per heavy atom. The second kappa shape index (κ2) is 11.4. The molecule has 0 radical (unpaired) electrons. The van der Waals surface area contributed by atoms with Crippen molar-refractivity contribution in [3.8, 4) is 5.75 Å². The lowest BCUT2D eigenvalue weighted by molar-refractivity contribution is -0.140. The van der Waals surface area contributed by atoms with E-state index >= 15 is 0 Å². The van der Waals surface area contributed by atoms with Crippen molar-refractivity contribution < 1.29 is 23.9 Å². The number of nitrogens with zero attached hydrogens (tertiary/aromatic N) is 2. The van der Waals surface area contributed by atoms with Gasteiger partial charge < -0.3 is 14.8 Å². The average molecular weight is 469 g/mol. The highest BCUT2D eigenvalue weighted by Crippen LogP contribution is 2.21. The number of urea groups is 2. The fourth-order valence-electron chi connectivity index (χ4n) is 3.39. The fraction of sp³-hybridized carbons (Fsp3) is 0.400. The smallest absolute Gasteiger partial charge is 0.331 e. The Morgan fingerprint density at radius 2 is 1.79 bits per heavy atom. The Kier molecular flexibility index (Phi) is 8.34. The van der Waals surface area contributed by atoms with E-state index in [9.17, 15) is 14.4 Å². The molecule has 0 bridgehead atoms. The number of anilines is 1. The Bertz CT molecular complexity index is 993. The van der Waals surface area contributed by atoms with E-state index in [0.29, 0.717) is 5.69 Å². The molecule has 1 aliphatic rings. The summed E-state index contributed by atoms with van der Waals surface area (Å²) in [6.07, 6.45) is 0.146. The summed E-state index contributed by atoms with van der Waals surface area (Å²) in [5, 5.41) is 6.04. The zero-order chi connectivity index (χ0) is 24.7. The predicted octanol–water partition coefficient (Wildman–Crippen LogP) is 4.08. The van der Waals surface area contributed by atoms with Crippen molar-refractivity contribution in [1.82, 2.24) is 15.1 Å². The van der Waals surface area contributed by atoms with Crippen LogP contribution in [0.3, 0.4) is 0 Å². The molecule has 9 heteroatoms. The summed E-state index contributed by atoms with van der Waals surface area (Å²) in [5.41, 5.74) is 2.73. The number of carbonyl (C=O) groups excluding carboxylic acids is 3. The third kappa shape index (κ3) is 6.40. The topological polar surface area (TPSA) is 100 Å². The number of ether oxygens (including phenoxy) is 2. The van der Waals surface area contributed by atoms with Crippen LogP contribution >= 0.6 is 0 Å². The number of benzene rings is 2. The molecule has 1 heterocycles. The van der Waals surface area contributed by atoms with E-state index in [1.165, 1.54) is 12.0 Å². The molecule has 1 unspecified atom stereocenters. The molecule has 9 nitrogen and oxygen atoms in total. The van der Waals surface area contributed by atoms with Crippen LogP contribution in [0.25, 0.3) is 0 Å². The predicted molar refractivity (Wildman–Crippen MR) is 128 cm³/mol. The highest BCUT2D eigenvalue weighted by molar-refractivity contribution is 5.96. The lowest BCUT2D eigenvalue weighted by Gasteiger charge is -2.41.